The van der Waals surface area contributed by atoms with Gasteiger partial charge in [-0.25, -0.2) is 4.98 Å². The smallest absolute Gasteiger partial charge is 0.252 e. The first-order valence-electron chi connectivity index (χ1n) is 7.78. The topological polar surface area (TPSA) is 54.0 Å². The summed E-state index contributed by atoms with van der Waals surface area (Å²) in [7, 11) is 0. The number of nitrogens with one attached hydrogen (secondary N) is 2. The highest BCUT2D eigenvalue weighted by molar-refractivity contribution is 6.07. The van der Waals surface area contributed by atoms with Crippen LogP contribution in [0.4, 0.5) is 0 Å². The van der Waals surface area contributed by atoms with Crippen molar-refractivity contribution in [2.75, 3.05) is 13.1 Å². The highest BCUT2D eigenvalue weighted by Gasteiger charge is 2.21. The molecule has 0 aliphatic carbocycles. The zero-order valence-electron chi connectivity index (χ0n) is 12.6. The molecule has 1 amide bonds. The Hall–Kier alpha value is -2.72. The minimum Gasteiger partial charge on any atom is -0.347 e. The quantitative estimate of drug-likeness (QED) is 0.782. The number of aromatic nitrogens is 1. The number of amides is 1. The standard InChI is InChI=1S/C19H17N3O/c23-19(21-14-11-20-12-14)16-10-18(13-6-2-1-3-7-13)22-17-9-5-4-8-15(16)17/h1-10,14,20H,11-12H2,(H,21,23). The van der Waals surface area contributed by atoms with E-state index in [1.807, 2.05) is 60.7 Å². The van der Waals surface area contributed by atoms with E-state index in [1.165, 1.54) is 0 Å². The maximum atomic E-state index is 12.7. The average Bonchev–Trinajstić information content (AvgIpc) is 2.57. The largest absolute Gasteiger partial charge is 0.347 e. The first kappa shape index (κ1) is 13.9. The molecule has 4 rings (SSSR count). The van der Waals surface area contributed by atoms with E-state index in [0.29, 0.717) is 5.56 Å². The summed E-state index contributed by atoms with van der Waals surface area (Å²) in [5.41, 5.74) is 3.35. The summed E-state index contributed by atoms with van der Waals surface area (Å²) in [6.07, 6.45) is 0. The van der Waals surface area contributed by atoms with Gasteiger partial charge in [0.1, 0.15) is 0 Å². The van der Waals surface area contributed by atoms with Crippen molar-refractivity contribution < 1.29 is 4.79 Å². The Morgan fingerprint density at radius 3 is 2.52 bits per heavy atom. The summed E-state index contributed by atoms with van der Waals surface area (Å²) in [6, 6.07) is 19.8. The van der Waals surface area contributed by atoms with Gasteiger partial charge in [0.2, 0.25) is 0 Å². The molecule has 4 nitrogen and oxygen atoms in total. The Bertz CT molecular complexity index is 857. The van der Waals surface area contributed by atoms with Gasteiger partial charge in [0, 0.05) is 24.0 Å². The third kappa shape index (κ3) is 2.69. The number of benzene rings is 2. The van der Waals surface area contributed by atoms with Gasteiger partial charge in [-0.2, -0.15) is 0 Å². The molecule has 0 bridgehead atoms. The van der Waals surface area contributed by atoms with Crippen LogP contribution in [-0.4, -0.2) is 30.0 Å². The van der Waals surface area contributed by atoms with Crippen molar-refractivity contribution in [2.45, 2.75) is 6.04 Å². The van der Waals surface area contributed by atoms with E-state index in [9.17, 15) is 4.79 Å². The molecule has 2 heterocycles. The number of pyridine rings is 1. The van der Waals surface area contributed by atoms with Crippen molar-refractivity contribution in [2.24, 2.45) is 0 Å². The molecule has 1 saturated heterocycles. The maximum Gasteiger partial charge on any atom is 0.252 e. The predicted molar refractivity (Wildman–Crippen MR) is 91.3 cm³/mol. The van der Waals surface area contributed by atoms with Crippen LogP contribution in [0.3, 0.4) is 0 Å². The normalized spacial score (nSPS) is 14.4. The molecule has 1 aliphatic heterocycles. The van der Waals surface area contributed by atoms with Crippen molar-refractivity contribution >= 4 is 16.8 Å². The number of fused-ring (bicyclic) bond motifs is 1. The van der Waals surface area contributed by atoms with E-state index in [1.54, 1.807) is 0 Å². The Labute approximate surface area is 134 Å². The number of nitrogens with zero attached hydrogens (tertiary/aromatic N) is 1. The molecule has 2 aromatic carbocycles. The highest BCUT2D eigenvalue weighted by Crippen LogP contribution is 2.24. The molecular weight excluding hydrogens is 286 g/mol. The molecule has 1 aromatic heterocycles. The maximum absolute atomic E-state index is 12.7. The molecule has 4 heteroatoms. The summed E-state index contributed by atoms with van der Waals surface area (Å²) in [4.78, 5) is 17.4. The van der Waals surface area contributed by atoms with Crippen molar-refractivity contribution in [3.63, 3.8) is 0 Å². The monoisotopic (exact) mass is 303 g/mol. The van der Waals surface area contributed by atoms with Crippen LogP contribution in [0.15, 0.2) is 60.7 Å². The van der Waals surface area contributed by atoms with Gasteiger partial charge >= 0.3 is 0 Å². The fraction of sp³-hybridized carbons (Fsp3) is 0.158. The summed E-state index contributed by atoms with van der Waals surface area (Å²) in [5, 5.41) is 7.13. The molecule has 0 spiro atoms. The lowest BCUT2D eigenvalue weighted by Crippen LogP contribution is -2.56. The second kappa shape index (κ2) is 5.82. The number of carbonyl (C=O) groups excluding carboxylic acids is 1. The molecule has 1 fully saturated rings. The zero-order valence-corrected chi connectivity index (χ0v) is 12.6. The van der Waals surface area contributed by atoms with Gasteiger partial charge in [0.25, 0.3) is 5.91 Å². The van der Waals surface area contributed by atoms with Gasteiger partial charge in [-0.15, -0.1) is 0 Å². The van der Waals surface area contributed by atoms with Crippen LogP contribution in [0.2, 0.25) is 0 Å². The fourth-order valence-electron chi connectivity index (χ4n) is 2.77. The van der Waals surface area contributed by atoms with Crippen molar-refractivity contribution in [3.8, 4) is 11.3 Å². The number of carbonyl (C=O) groups is 1. The molecular formula is C19H17N3O. The van der Waals surface area contributed by atoms with Crippen LogP contribution in [-0.2, 0) is 0 Å². The molecule has 0 atom stereocenters. The minimum absolute atomic E-state index is 0.0349. The molecule has 3 aromatic rings. The number of hydrogen-bond donors (Lipinski definition) is 2. The Balaban J connectivity index is 1.82. The third-order valence-corrected chi connectivity index (χ3v) is 4.15. The van der Waals surface area contributed by atoms with Gasteiger partial charge in [0.05, 0.1) is 22.8 Å². The van der Waals surface area contributed by atoms with Gasteiger partial charge < -0.3 is 10.6 Å². The van der Waals surface area contributed by atoms with Crippen LogP contribution in [0.25, 0.3) is 22.2 Å². The predicted octanol–water partition coefficient (Wildman–Crippen LogP) is 2.60. The summed E-state index contributed by atoms with van der Waals surface area (Å²) in [5.74, 6) is -0.0349. The van der Waals surface area contributed by atoms with E-state index in [4.69, 9.17) is 4.98 Å². The van der Waals surface area contributed by atoms with Crippen LogP contribution in [0.1, 0.15) is 10.4 Å². The van der Waals surface area contributed by atoms with Crippen molar-refractivity contribution in [1.29, 1.82) is 0 Å². The van der Waals surface area contributed by atoms with Crippen LogP contribution >= 0.6 is 0 Å². The zero-order chi connectivity index (χ0) is 15.6. The SMILES string of the molecule is O=C(NC1CNC1)c1cc(-c2ccccc2)nc2ccccc12. The van der Waals surface area contributed by atoms with Gasteiger partial charge in [0.15, 0.2) is 0 Å². The van der Waals surface area contributed by atoms with Crippen LogP contribution < -0.4 is 10.6 Å². The van der Waals surface area contributed by atoms with Gasteiger partial charge in [-0.1, -0.05) is 48.5 Å². The first-order chi connectivity index (χ1) is 11.3. The van der Waals surface area contributed by atoms with Crippen molar-refractivity contribution in [3.05, 3.63) is 66.2 Å². The lowest BCUT2D eigenvalue weighted by molar-refractivity contribution is 0.0925. The lowest BCUT2D eigenvalue weighted by atomic mass is 10.0. The van der Waals surface area contributed by atoms with Crippen molar-refractivity contribution in [1.82, 2.24) is 15.6 Å². The highest BCUT2D eigenvalue weighted by atomic mass is 16.1. The second-order valence-corrected chi connectivity index (χ2v) is 5.77. The Morgan fingerprint density at radius 2 is 1.78 bits per heavy atom. The molecule has 0 radical (unpaired) electrons. The molecule has 0 unspecified atom stereocenters. The second-order valence-electron chi connectivity index (χ2n) is 5.77. The first-order valence-corrected chi connectivity index (χ1v) is 7.78. The van der Waals surface area contributed by atoms with E-state index in [-0.39, 0.29) is 11.9 Å². The summed E-state index contributed by atoms with van der Waals surface area (Å²) in [6.45, 7) is 1.67. The molecule has 1 aliphatic rings. The van der Waals surface area contributed by atoms with Crippen LogP contribution in [0, 0.1) is 0 Å². The van der Waals surface area contributed by atoms with E-state index < -0.39 is 0 Å². The van der Waals surface area contributed by atoms with E-state index in [2.05, 4.69) is 10.6 Å². The molecule has 114 valence electrons. The Kier molecular flexibility index (Phi) is 3.52. The minimum atomic E-state index is -0.0349. The third-order valence-electron chi connectivity index (χ3n) is 4.15. The summed E-state index contributed by atoms with van der Waals surface area (Å²) < 4.78 is 0. The van der Waals surface area contributed by atoms with Gasteiger partial charge in [-0.3, -0.25) is 4.79 Å². The van der Waals surface area contributed by atoms with Gasteiger partial charge in [-0.05, 0) is 12.1 Å². The van der Waals surface area contributed by atoms with Crippen LogP contribution in [0.5, 0.6) is 0 Å². The number of para-hydroxylation sites is 1. The molecule has 23 heavy (non-hydrogen) atoms. The summed E-state index contributed by atoms with van der Waals surface area (Å²) >= 11 is 0. The lowest BCUT2D eigenvalue weighted by Gasteiger charge is -2.28. The van der Waals surface area contributed by atoms with E-state index >= 15 is 0 Å². The molecule has 0 saturated carbocycles. The number of rotatable bonds is 3. The fourth-order valence-corrected chi connectivity index (χ4v) is 2.77. The number of hydrogen-bond acceptors (Lipinski definition) is 3. The Morgan fingerprint density at radius 1 is 1.04 bits per heavy atom. The molecule has 2 N–H and O–H groups in total. The average molecular weight is 303 g/mol. The van der Waals surface area contributed by atoms with E-state index in [0.717, 1.165) is 35.2 Å².